The highest BCUT2D eigenvalue weighted by Crippen LogP contribution is 2.17. The Morgan fingerprint density at radius 3 is 2.85 bits per heavy atom. The molecule has 1 aliphatic heterocycles. The van der Waals surface area contributed by atoms with Crippen molar-refractivity contribution in [3.63, 3.8) is 0 Å². The zero-order valence-corrected chi connectivity index (χ0v) is 11.8. The lowest BCUT2D eigenvalue weighted by atomic mass is 10.3. The molecule has 2 heterocycles. The summed E-state index contributed by atoms with van der Waals surface area (Å²) in [5.41, 5.74) is 0. The lowest BCUT2D eigenvalue weighted by molar-refractivity contribution is 0.0311. The number of rotatable bonds is 4. The Morgan fingerprint density at radius 2 is 2.25 bits per heavy atom. The Balaban J connectivity index is 2.19. The maximum Gasteiger partial charge on any atom is 0.246 e. The van der Waals surface area contributed by atoms with Gasteiger partial charge in [-0.3, -0.25) is 0 Å². The molecule has 1 aromatic rings. The first kappa shape index (κ1) is 14.6. The molecule has 1 fully saturated rings. The van der Waals surface area contributed by atoms with Gasteiger partial charge in [0.05, 0.1) is 31.6 Å². The van der Waals surface area contributed by atoms with Crippen molar-refractivity contribution in [2.75, 3.05) is 31.6 Å². The average molecular weight is 297 g/mol. The second-order valence-corrected chi connectivity index (χ2v) is 6.06. The molecule has 2 rings (SSSR count). The van der Waals surface area contributed by atoms with Crippen molar-refractivity contribution >= 4 is 16.0 Å². The van der Waals surface area contributed by atoms with Crippen LogP contribution in [0, 0.1) is 11.3 Å². The van der Waals surface area contributed by atoms with Crippen LogP contribution in [0.3, 0.4) is 0 Å². The summed E-state index contributed by atoms with van der Waals surface area (Å²) in [7, 11) is -3.69. The minimum absolute atomic E-state index is 0.0118. The van der Waals surface area contributed by atoms with E-state index >= 15 is 0 Å². The number of morpholine rings is 1. The third kappa shape index (κ3) is 3.04. The van der Waals surface area contributed by atoms with E-state index in [9.17, 15) is 8.42 Å². The predicted molar refractivity (Wildman–Crippen MR) is 70.3 cm³/mol. The Hall–Kier alpha value is -1.76. The zero-order valence-electron chi connectivity index (χ0n) is 11.0. The van der Waals surface area contributed by atoms with Crippen molar-refractivity contribution < 1.29 is 13.2 Å². The van der Waals surface area contributed by atoms with E-state index in [1.54, 1.807) is 0 Å². The molecule has 1 N–H and O–H groups in total. The van der Waals surface area contributed by atoms with Gasteiger partial charge in [0.1, 0.15) is 4.90 Å². The molecule has 0 spiro atoms. The van der Waals surface area contributed by atoms with Crippen LogP contribution in [0.25, 0.3) is 0 Å². The van der Waals surface area contributed by atoms with Gasteiger partial charge in [-0.1, -0.05) is 0 Å². The van der Waals surface area contributed by atoms with E-state index < -0.39 is 16.1 Å². The summed E-state index contributed by atoms with van der Waals surface area (Å²) in [6.07, 6.45) is 1.79. The molecule has 0 bridgehead atoms. The molecule has 1 aliphatic rings. The van der Waals surface area contributed by atoms with Crippen LogP contribution in [0.4, 0.5) is 5.95 Å². The minimum Gasteiger partial charge on any atom is -0.361 e. The van der Waals surface area contributed by atoms with Crippen LogP contribution in [0.15, 0.2) is 17.3 Å². The number of nitrogens with zero attached hydrogens (tertiary/aromatic N) is 4. The van der Waals surface area contributed by atoms with E-state index in [0.717, 1.165) is 0 Å². The number of aromatic nitrogens is 2. The lowest BCUT2D eigenvalue weighted by Crippen LogP contribution is -2.45. The van der Waals surface area contributed by atoms with Crippen molar-refractivity contribution in [2.45, 2.75) is 17.9 Å². The van der Waals surface area contributed by atoms with Crippen molar-refractivity contribution in [3.05, 3.63) is 12.4 Å². The van der Waals surface area contributed by atoms with E-state index in [-0.39, 0.29) is 24.6 Å². The molecule has 9 heteroatoms. The zero-order chi connectivity index (χ0) is 14.6. The monoisotopic (exact) mass is 297 g/mol. The van der Waals surface area contributed by atoms with Crippen molar-refractivity contribution in [1.29, 1.82) is 5.26 Å². The second kappa shape index (κ2) is 6.13. The third-order valence-corrected chi connectivity index (χ3v) is 4.59. The van der Waals surface area contributed by atoms with E-state index in [1.165, 1.54) is 16.7 Å². The van der Waals surface area contributed by atoms with Crippen molar-refractivity contribution in [1.82, 2.24) is 14.3 Å². The Bertz CT molecular complexity index is 595. The molecular weight excluding hydrogens is 282 g/mol. The Labute approximate surface area is 117 Å². The molecule has 1 saturated heterocycles. The molecule has 1 unspecified atom stereocenters. The topological polar surface area (TPSA) is 108 Å². The maximum absolute atomic E-state index is 12.4. The number of anilines is 1. The van der Waals surface area contributed by atoms with Crippen LogP contribution >= 0.6 is 0 Å². The van der Waals surface area contributed by atoms with E-state index in [4.69, 9.17) is 10.00 Å². The van der Waals surface area contributed by atoms with Gasteiger partial charge in [0.15, 0.2) is 6.10 Å². The van der Waals surface area contributed by atoms with Crippen LogP contribution < -0.4 is 5.32 Å². The van der Waals surface area contributed by atoms with Crippen LogP contribution in [-0.2, 0) is 14.8 Å². The van der Waals surface area contributed by atoms with Gasteiger partial charge in [-0.05, 0) is 6.92 Å². The SMILES string of the molecule is CCNc1ncc(S(=O)(=O)N2CCOC(C#N)C2)cn1. The first-order valence-electron chi connectivity index (χ1n) is 6.15. The van der Waals surface area contributed by atoms with Crippen LogP contribution in [0.5, 0.6) is 0 Å². The Kier molecular flexibility index (Phi) is 4.49. The van der Waals surface area contributed by atoms with Gasteiger partial charge in [0, 0.05) is 13.1 Å². The molecule has 0 radical (unpaired) electrons. The number of nitriles is 1. The molecule has 8 nitrogen and oxygen atoms in total. The quantitative estimate of drug-likeness (QED) is 0.821. The van der Waals surface area contributed by atoms with Gasteiger partial charge in [-0.2, -0.15) is 9.57 Å². The number of hydrogen-bond acceptors (Lipinski definition) is 7. The van der Waals surface area contributed by atoms with Crippen molar-refractivity contribution in [3.8, 4) is 6.07 Å². The van der Waals surface area contributed by atoms with Crippen LogP contribution in [0.1, 0.15) is 6.92 Å². The summed E-state index contributed by atoms with van der Waals surface area (Å²) in [5, 5.41) is 11.7. The number of sulfonamides is 1. The molecule has 0 aromatic carbocycles. The largest absolute Gasteiger partial charge is 0.361 e. The summed E-state index contributed by atoms with van der Waals surface area (Å²) in [5.74, 6) is 0.378. The maximum atomic E-state index is 12.4. The van der Waals surface area contributed by atoms with Gasteiger partial charge in [0.25, 0.3) is 0 Å². The first-order chi connectivity index (χ1) is 9.57. The number of ether oxygens (including phenoxy) is 1. The molecule has 20 heavy (non-hydrogen) atoms. The van der Waals surface area contributed by atoms with Crippen molar-refractivity contribution in [2.24, 2.45) is 0 Å². The Morgan fingerprint density at radius 1 is 1.55 bits per heavy atom. The van der Waals surface area contributed by atoms with E-state index in [0.29, 0.717) is 12.5 Å². The fourth-order valence-corrected chi connectivity index (χ4v) is 3.09. The third-order valence-electron chi connectivity index (χ3n) is 2.77. The number of hydrogen-bond donors (Lipinski definition) is 1. The smallest absolute Gasteiger partial charge is 0.246 e. The predicted octanol–water partition coefficient (Wildman–Crippen LogP) is -0.179. The fourth-order valence-electron chi connectivity index (χ4n) is 1.77. The summed E-state index contributed by atoms with van der Waals surface area (Å²) >= 11 is 0. The summed E-state index contributed by atoms with van der Waals surface area (Å²) in [6, 6.07) is 1.91. The standard InChI is InChI=1S/C11H15N5O3S/c1-2-13-11-14-6-10(7-15-11)20(17,18)16-3-4-19-9(5-12)8-16/h6-7,9H,2-4,8H2,1H3,(H,13,14,15). The first-order valence-corrected chi connectivity index (χ1v) is 7.59. The molecule has 0 amide bonds. The molecule has 1 aromatic heterocycles. The minimum atomic E-state index is -3.69. The number of nitrogens with one attached hydrogen (secondary N) is 1. The average Bonchev–Trinajstić information content (AvgIpc) is 2.48. The highest BCUT2D eigenvalue weighted by atomic mass is 32.2. The van der Waals surface area contributed by atoms with Gasteiger partial charge in [-0.15, -0.1) is 0 Å². The van der Waals surface area contributed by atoms with E-state index in [1.807, 2.05) is 13.0 Å². The van der Waals surface area contributed by atoms with Gasteiger partial charge < -0.3 is 10.1 Å². The molecule has 0 aliphatic carbocycles. The molecular formula is C11H15N5O3S. The van der Waals surface area contributed by atoms with Gasteiger partial charge in [-0.25, -0.2) is 18.4 Å². The fraction of sp³-hybridized carbons (Fsp3) is 0.545. The lowest BCUT2D eigenvalue weighted by Gasteiger charge is -2.28. The molecule has 0 saturated carbocycles. The van der Waals surface area contributed by atoms with Crippen LogP contribution in [0.2, 0.25) is 0 Å². The molecule has 1 atom stereocenters. The normalized spacial score (nSPS) is 20.3. The molecule has 108 valence electrons. The second-order valence-electron chi connectivity index (χ2n) is 4.12. The summed E-state index contributed by atoms with van der Waals surface area (Å²) < 4.78 is 31.1. The highest BCUT2D eigenvalue weighted by molar-refractivity contribution is 7.89. The summed E-state index contributed by atoms with van der Waals surface area (Å²) in [4.78, 5) is 7.90. The van der Waals surface area contributed by atoms with Crippen LogP contribution in [-0.4, -0.2) is 55.0 Å². The van der Waals surface area contributed by atoms with Gasteiger partial charge >= 0.3 is 0 Å². The summed E-state index contributed by atoms with van der Waals surface area (Å²) in [6.45, 7) is 2.99. The highest BCUT2D eigenvalue weighted by Gasteiger charge is 2.31. The van der Waals surface area contributed by atoms with Gasteiger partial charge in [0.2, 0.25) is 16.0 Å². The van der Waals surface area contributed by atoms with E-state index in [2.05, 4.69) is 15.3 Å².